The van der Waals surface area contributed by atoms with Crippen molar-refractivity contribution in [3.8, 4) is 5.75 Å². The Morgan fingerprint density at radius 2 is 1.90 bits per heavy atom. The molecule has 1 fully saturated rings. The van der Waals surface area contributed by atoms with Gasteiger partial charge in [-0.1, -0.05) is 80.5 Å². The number of carbonyl (C=O) groups excluding carboxylic acids is 1. The number of amides is 1. The monoisotopic (exact) mass is 404 g/mol. The van der Waals surface area contributed by atoms with Gasteiger partial charge in [-0.05, 0) is 42.5 Å². The third kappa shape index (κ3) is 7.70. The van der Waals surface area contributed by atoms with Crippen molar-refractivity contribution in [2.75, 3.05) is 7.11 Å². The van der Waals surface area contributed by atoms with Crippen LogP contribution in [0.5, 0.6) is 5.75 Å². The number of nitrogens with one attached hydrogen (secondary N) is 2. The summed E-state index contributed by atoms with van der Waals surface area (Å²) in [5, 5.41) is 10.9. The number of rotatable bonds is 8. The van der Waals surface area contributed by atoms with Gasteiger partial charge in [0.1, 0.15) is 5.75 Å². The second kappa shape index (κ2) is 13.2. The lowest BCUT2D eigenvalue weighted by Crippen LogP contribution is -2.36. The van der Waals surface area contributed by atoms with Crippen LogP contribution in [0.2, 0.25) is 0 Å². The van der Waals surface area contributed by atoms with Crippen LogP contribution in [0.3, 0.4) is 0 Å². The number of hydrogen-bond donors (Lipinski definition) is 2. The first-order chi connectivity index (χ1) is 14.7. The Kier molecular flexibility index (Phi) is 10.1. The lowest BCUT2D eigenvalue weighted by atomic mass is 9.95. The molecule has 4 heteroatoms. The molecule has 2 N–H and O–H groups in total. The topological polar surface area (TPSA) is 62.2 Å². The van der Waals surface area contributed by atoms with Crippen LogP contribution in [0, 0.1) is 5.41 Å². The fraction of sp³-hybridized carbons (Fsp3) is 0.308. The van der Waals surface area contributed by atoms with Crippen LogP contribution in [-0.4, -0.2) is 25.3 Å². The minimum absolute atomic E-state index is 0.120. The van der Waals surface area contributed by atoms with Gasteiger partial charge in [-0.25, -0.2) is 0 Å². The summed E-state index contributed by atoms with van der Waals surface area (Å²) in [5.41, 5.74) is 2.24. The van der Waals surface area contributed by atoms with Crippen molar-refractivity contribution in [1.82, 2.24) is 5.32 Å². The van der Waals surface area contributed by atoms with Gasteiger partial charge < -0.3 is 15.5 Å². The van der Waals surface area contributed by atoms with Gasteiger partial charge in [-0.2, -0.15) is 0 Å². The molecule has 0 unspecified atom stereocenters. The van der Waals surface area contributed by atoms with Gasteiger partial charge in [-0.3, -0.25) is 4.79 Å². The standard InChI is InChI=1S/C26H32N2O2/c1-3-4-8-14-22(20-27)18-21-13-9-5-6-12-17-25(30-2)24(19-21)26(29)28-23-15-10-7-11-16-23/h3-6,8-9,12-14,17,19-20,23,27H,1,7,10-11,15-16,18H2,2H3,(H,28,29)/b6-5?,8-4+,9-5?,12-6?,13-9?,17-12?,21-13?,21-19?,22-14-,24-19?,25-17?,25-24?,27-20?. The van der Waals surface area contributed by atoms with Gasteiger partial charge in [0.2, 0.25) is 0 Å². The third-order valence-electron chi connectivity index (χ3n) is 5.04. The zero-order valence-electron chi connectivity index (χ0n) is 17.8. The normalized spacial score (nSPS) is 14.6. The van der Waals surface area contributed by atoms with Crippen LogP contribution in [-0.2, 0) is 6.42 Å². The highest BCUT2D eigenvalue weighted by Gasteiger charge is 2.18. The van der Waals surface area contributed by atoms with Crippen LogP contribution in [0.25, 0.3) is 0 Å². The number of methoxy groups -OCH3 is 1. The molecule has 1 aliphatic rings. The molecule has 0 spiro atoms. The molecule has 2 rings (SSSR count). The van der Waals surface area contributed by atoms with Crippen molar-refractivity contribution in [1.29, 1.82) is 5.41 Å². The molecule has 1 aromatic rings. The Balaban J connectivity index is 2.46. The van der Waals surface area contributed by atoms with E-state index in [2.05, 4.69) is 11.9 Å². The van der Waals surface area contributed by atoms with E-state index >= 15 is 0 Å². The van der Waals surface area contributed by atoms with E-state index in [-0.39, 0.29) is 11.9 Å². The Morgan fingerprint density at radius 3 is 2.57 bits per heavy atom. The summed E-state index contributed by atoms with van der Waals surface area (Å²) in [7, 11) is 1.58. The van der Waals surface area contributed by atoms with Crippen LogP contribution >= 0.6 is 0 Å². The predicted molar refractivity (Wildman–Crippen MR) is 125 cm³/mol. The largest absolute Gasteiger partial charge is 0.496 e. The third-order valence-corrected chi connectivity index (χ3v) is 5.04. The first kappa shape index (κ1) is 23.1. The molecule has 1 saturated carbocycles. The summed E-state index contributed by atoms with van der Waals surface area (Å²) in [6.45, 7) is 3.66. The van der Waals surface area contributed by atoms with Crippen LogP contribution in [0.15, 0.2) is 78.9 Å². The molecule has 1 aromatic carbocycles. The molecule has 158 valence electrons. The molecule has 0 bridgehead atoms. The molecule has 0 aromatic heterocycles. The minimum Gasteiger partial charge on any atom is -0.496 e. The van der Waals surface area contributed by atoms with E-state index in [0.717, 1.165) is 36.8 Å². The molecule has 0 atom stereocenters. The Morgan fingerprint density at radius 1 is 1.17 bits per heavy atom. The van der Waals surface area contributed by atoms with Gasteiger partial charge in [0.15, 0.2) is 0 Å². The minimum atomic E-state index is -0.120. The summed E-state index contributed by atoms with van der Waals surface area (Å²) >= 11 is 0. The highest BCUT2D eigenvalue weighted by Crippen LogP contribution is 2.21. The van der Waals surface area contributed by atoms with E-state index in [1.807, 2.05) is 54.6 Å². The summed E-state index contributed by atoms with van der Waals surface area (Å²) in [6, 6.07) is 13.5. The number of ether oxygens (including phenoxy) is 1. The van der Waals surface area contributed by atoms with Crippen molar-refractivity contribution < 1.29 is 9.53 Å². The number of allylic oxidation sites excluding steroid dienone is 5. The van der Waals surface area contributed by atoms with Gasteiger partial charge in [0, 0.05) is 12.3 Å². The van der Waals surface area contributed by atoms with Crippen molar-refractivity contribution >= 4 is 12.1 Å². The quantitative estimate of drug-likeness (QED) is 0.428. The highest BCUT2D eigenvalue weighted by atomic mass is 16.5. The smallest absolute Gasteiger partial charge is 0.255 e. The molecule has 0 radical (unpaired) electrons. The fourth-order valence-electron chi connectivity index (χ4n) is 3.47. The molecule has 1 amide bonds. The lowest BCUT2D eigenvalue weighted by Gasteiger charge is -2.23. The second-order valence-electron chi connectivity index (χ2n) is 7.30. The van der Waals surface area contributed by atoms with E-state index < -0.39 is 0 Å². The summed E-state index contributed by atoms with van der Waals surface area (Å²) < 4.78 is 5.55. The first-order valence-electron chi connectivity index (χ1n) is 10.5. The molecular weight excluding hydrogens is 372 g/mol. The summed E-state index contributed by atoms with van der Waals surface area (Å²) in [4.78, 5) is 13.2. The predicted octanol–water partition coefficient (Wildman–Crippen LogP) is 5.74. The maximum absolute atomic E-state index is 13.2. The summed E-state index contributed by atoms with van der Waals surface area (Å²) in [5.74, 6) is 0.401. The van der Waals surface area contributed by atoms with E-state index in [4.69, 9.17) is 10.1 Å². The van der Waals surface area contributed by atoms with Crippen LogP contribution in [0.4, 0.5) is 0 Å². The van der Waals surface area contributed by atoms with Crippen molar-refractivity contribution in [2.45, 2.75) is 44.6 Å². The SMILES string of the molecule is C=C/C=C/C=C(\C=N)Cc1ccccccc(OC)c(C(=O)NC2CCCCC2)c1. The maximum atomic E-state index is 13.2. The van der Waals surface area contributed by atoms with E-state index in [0.29, 0.717) is 17.7 Å². The number of hydrogen-bond acceptors (Lipinski definition) is 3. The number of carbonyl (C=O) groups is 1. The Bertz CT molecular complexity index is 848. The zero-order valence-corrected chi connectivity index (χ0v) is 17.8. The molecule has 1 aliphatic carbocycles. The van der Waals surface area contributed by atoms with Gasteiger partial charge in [-0.15, -0.1) is 0 Å². The zero-order chi connectivity index (χ0) is 21.6. The Labute approximate surface area is 180 Å². The maximum Gasteiger partial charge on any atom is 0.255 e. The first-order valence-corrected chi connectivity index (χ1v) is 10.5. The molecule has 0 saturated heterocycles. The second-order valence-corrected chi connectivity index (χ2v) is 7.30. The molecular formula is C26H32N2O2. The highest BCUT2D eigenvalue weighted by molar-refractivity contribution is 5.97. The molecule has 0 heterocycles. The average molecular weight is 405 g/mol. The van der Waals surface area contributed by atoms with Crippen molar-refractivity contribution in [3.05, 3.63) is 90.0 Å². The van der Waals surface area contributed by atoms with Crippen LogP contribution in [0.1, 0.15) is 48.0 Å². The molecule has 4 nitrogen and oxygen atoms in total. The Hall–Kier alpha value is -3.14. The van der Waals surface area contributed by atoms with E-state index in [1.54, 1.807) is 19.3 Å². The van der Waals surface area contributed by atoms with Crippen LogP contribution < -0.4 is 10.1 Å². The molecule has 30 heavy (non-hydrogen) atoms. The van der Waals surface area contributed by atoms with Gasteiger partial charge in [0.05, 0.1) is 12.7 Å². The summed E-state index contributed by atoms with van der Waals surface area (Å²) in [6.07, 6.45) is 14.7. The van der Waals surface area contributed by atoms with Gasteiger partial charge in [0.25, 0.3) is 5.91 Å². The lowest BCUT2D eigenvalue weighted by molar-refractivity contribution is 0.0924. The fourth-order valence-corrected chi connectivity index (χ4v) is 3.47. The molecule has 0 aliphatic heterocycles. The van der Waals surface area contributed by atoms with Gasteiger partial charge >= 0.3 is 0 Å². The van der Waals surface area contributed by atoms with E-state index in [1.165, 1.54) is 12.6 Å². The van der Waals surface area contributed by atoms with E-state index in [9.17, 15) is 4.79 Å². The average Bonchev–Trinajstić information content (AvgIpc) is 2.77. The van der Waals surface area contributed by atoms with Crippen molar-refractivity contribution in [3.63, 3.8) is 0 Å². The van der Waals surface area contributed by atoms with Crippen molar-refractivity contribution in [2.24, 2.45) is 0 Å².